The Labute approximate surface area is 207 Å². The van der Waals surface area contributed by atoms with Gasteiger partial charge in [0.25, 0.3) is 0 Å². The Morgan fingerprint density at radius 2 is 2.00 bits per heavy atom. The molecule has 4 aromatic rings. The molecule has 0 bridgehead atoms. The number of imidazole rings is 1. The van der Waals surface area contributed by atoms with E-state index in [0.29, 0.717) is 42.2 Å². The Hall–Kier alpha value is -4.34. The van der Waals surface area contributed by atoms with E-state index >= 15 is 0 Å². The normalized spacial score (nSPS) is 14.7. The number of nitrogens with zero attached hydrogens (tertiary/aromatic N) is 4. The van der Waals surface area contributed by atoms with E-state index in [1.165, 1.54) is 12.1 Å². The number of aromatic nitrogens is 4. The van der Waals surface area contributed by atoms with Crippen molar-refractivity contribution in [1.82, 2.24) is 19.9 Å². The van der Waals surface area contributed by atoms with Gasteiger partial charge in [0, 0.05) is 29.7 Å². The Balaban J connectivity index is 1.30. The van der Waals surface area contributed by atoms with Crippen LogP contribution < -0.4 is 24.4 Å². The summed E-state index contributed by atoms with van der Waals surface area (Å²) in [5.41, 5.74) is 3.32. The fourth-order valence-electron chi connectivity index (χ4n) is 4.12. The Kier molecular flexibility index (Phi) is 5.55. The molecule has 1 saturated carbocycles. The van der Waals surface area contributed by atoms with Crippen LogP contribution in [0.2, 0.25) is 0 Å². The molecule has 2 aliphatic rings. The molecule has 6 rings (SSSR count). The van der Waals surface area contributed by atoms with Crippen LogP contribution >= 0.6 is 0 Å². The number of ether oxygens (including phenoxy) is 3. The average Bonchev–Trinajstić information content (AvgIpc) is 3.60. The van der Waals surface area contributed by atoms with E-state index in [9.17, 15) is 4.39 Å². The largest absolute Gasteiger partial charge is 0.496 e. The van der Waals surface area contributed by atoms with Gasteiger partial charge >= 0.3 is 0 Å². The Bertz CT molecular complexity index is 1420. The van der Waals surface area contributed by atoms with Gasteiger partial charge in [-0.15, -0.1) is 0 Å². The lowest BCUT2D eigenvalue weighted by Gasteiger charge is -2.31. The van der Waals surface area contributed by atoms with E-state index in [1.807, 2.05) is 30.0 Å². The van der Waals surface area contributed by atoms with E-state index < -0.39 is 0 Å². The van der Waals surface area contributed by atoms with E-state index in [-0.39, 0.29) is 11.9 Å². The van der Waals surface area contributed by atoms with Crippen molar-refractivity contribution in [1.29, 1.82) is 0 Å². The smallest absolute Gasteiger partial charge is 0.229 e. The fourth-order valence-corrected chi connectivity index (χ4v) is 4.12. The summed E-state index contributed by atoms with van der Waals surface area (Å²) in [4.78, 5) is 18.8. The first-order valence-corrected chi connectivity index (χ1v) is 11.8. The average molecular weight is 489 g/mol. The molecule has 0 radical (unpaired) electrons. The van der Waals surface area contributed by atoms with Crippen LogP contribution in [-0.4, -0.2) is 46.3 Å². The van der Waals surface area contributed by atoms with Crippen molar-refractivity contribution < 1.29 is 18.6 Å². The van der Waals surface area contributed by atoms with Crippen molar-refractivity contribution in [3.63, 3.8) is 0 Å². The number of halogens is 1. The zero-order valence-corrected chi connectivity index (χ0v) is 19.9. The summed E-state index contributed by atoms with van der Waals surface area (Å²) >= 11 is 0. The van der Waals surface area contributed by atoms with Gasteiger partial charge < -0.3 is 29.4 Å². The molecule has 3 heterocycles. The third kappa shape index (κ3) is 4.37. The first kappa shape index (κ1) is 22.1. The van der Waals surface area contributed by atoms with Crippen molar-refractivity contribution >= 4 is 23.1 Å². The number of rotatable bonds is 7. The van der Waals surface area contributed by atoms with Gasteiger partial charge in [0.2, 0.25) is 5.95 Å². The maximum absolute atomic E-state index is 14.0. The lowest BCUT2D eigenvalue weighted by molar-refractivity contribution is 0.296. The second-order valence-electron chi connectivity index (χ2n) is 8.77. The van der Waals surface area contributed by atoms with Crippen LogP contribution in [-0.2, 0) is 0 Å². The highest BCUT2D eigenvalue weighted by Gasteiger charge is 2.29. The van der Waals surface area contributed by atoms with Gasteiger partial charge in [0.05, 0.1) is 37.2 Å². The molecule has 1 aliphatic carbocycles. The topological polar surface area (TPSA) is 97.4 Å². The third-order valence-electron chi connectivity index (χ3n) is 6.01. The molecule has 2 aromatic carbocycles. The maximum atomic E-state index is 14.0. The molecule has 0 unspecified atom stereocenters. The standard InChI is InChI=1S/C26H25FN6O3/c1-15-13-28-24(30-15)19-7-4-17(12-21(19)34-2)31-26-29-14-23-25(32-26)33(9-10-35-23)20-8-3-16(27)11-22(20)36-18-5-6-18/h3-4,7-8,11-14,18H,5-6,9-10H2,1-2H3,(H,28,30)(H,29,31,32). The number of methoxy groups -OCH3 is 1. The van der Waals surface area contributed by atoms with Gasteiger partial charge in [0.1, 0.15) is 29.7 Å². The van der Waals surface area contributed by atoms with Gasteiger partial charge in [-0.25, -0.2) is 14.4 Å². The third-order valence-corrected chi connectivity index (χ3v) is 6.01. The summed E-state index contributed by atoms with van der Waals surface area (Å²) < 4.78 is 31.4. The Morgan fingerprint density at radius 1 is 1.11 bits per heavy atom. The molecule has 0 amide bonds. The summed E-state index contributed by atoms with van der Waals surface area (Å²) in [6.45, 7) is 2.95. The number of H-pyrrole nitrogens is 1. The number of hydrogen-bond donors (Lipinski definition) is 2. The van der Waals surface area contributed by atoms with E-state index in [0.717, 1.165) is 41.3 Å². The highest BCUT2D eigenvalue weighted by atomic mass is 19.1. The minimum atomic E-state index is -0.338. The number of anilines is 4. The highest BCUT2D eigenvalue weighted by Crippen LogP contribution is 2.42. The lowest BCUT2D eigenvalue weighted by Crippen LogP contribution is -2.30. The number of aryl methyl sites for hydroxylation is 1. The maximum Gasteiger partial charge on any atom is 0.229 e. The molecular formula is C26H25FN6O3. The van der Waals surface area contributed by atoms with Crippen LogP contribution in [0.15, 0.2) is 48.8 Å². The van der Waals surface area contributed by atoms with Crippen molar-refractivity contribution in [2.45, 2.75) is 25.9 Å². The zero-order chi connectivity index (χ0) is 24.6. The van der Waals surface area contributed by atoms with E-state index in [1.54, 1.807) is 25.6 Å². The zero-order valence-electron chi connectivity index (χ0n) is 19.9. The van der Waals surface area contributed by atoms with Gasteiger partial charge in [-0.1, -0.05) is 0 Å². The van der Waals surface area contributed by atoms with Crippen molar-refractivity contribution in [3.05, 3.63) is 60.3 Å². The number of aromatic amines is 1. The van der Waals surface area contributed by atoms with Crippen LogP contribution in [0.3, 0.4) is 0 Å². The summed E-state index contributed by atoms with van der Waals surface area (Å²) in [6.07, 6.45) is 5.51. The van der Waals surface area contributed by atoms with Gasteiger partial charge in [-0.3, -0.25) is 0 Å². The summed E-state index contributed by atoms with van der Waals surface area (Å²) in [5, 5.41) is 3.24. The van der Waals surface area contributed by atoms with Crippen LogP contribution in [0.4, 0.5) is 27.5 Å². The SMILES string of the molecule is COc1cc(Nc2ncc3c(n2)N(c2ccc(F)cc2OC2CC2)CCO3)ccc1-c1ncc(C)[nH]1. The molecule has 2 aromatic heterocycles. The molecular weight excluding hydrogens is 463 g/mol. The fraction of sp³-hybridized carbons (Fsp3) is 0.269. The molecule has 36 heavy (non-hydrogen) atoms. The summed E-state index contributed by atoms with van der Waals surface area (Å²) in [5.74, 6) is 3.08. The van der Waals surface area contributed by atoms with Crippen LogP contribution in [0, 0.1) is 12.7 Å². The van der Waals surface area contributed by atoms with Crippen LogP contribution in [0.1, 0.15) is 18.5 Å². The van der Waals surface area contributed by atoms with E-state index in [2.05, 4.69) is 20.3 Å². The number of hydrogen-bond acceptors (Lipinski definition) is 8. The molecule has 1 aliphatic heterocycles. The van der Waals surface area contributed by atoms with Crippen LogP contribution in [0.25, 0.3) is 11.4 Å². The molecule has 0 saturated heterocycles. The minimum Gasteiger partial charge on any atom is -0.496 e. The minimum absolute atomic E-state index is 0.136. The molecule has 1 fully saturated rings. The molecule has 10 heteroatoms. The first-order chi connectivity index (χ1) is 17.6. The second-order valence-corrected chi connectivity index (χ2v) is 8.77. The molecule has 2 N–H and O–H groups in total. The van der Waals surface area contributed by atoms with Crippen molar-refractivity contribution in [2.75, 3.05) is 30.5 Å². The van der Waals surface area contributed by atoms with E-state index in [4.69, 9.17) is 19.2 Å². The molecule has 0 atom stereocenters. The monoisotopic (exact) mass is 488 g/mol. The number of benzene rings is 2. The number of fused-ring (bicyclic) bond motifs is 1. The highest BCUT2D eigenvalue weighted by molar-refractivity contribution is 5.74. The summed E-state index contributed by atoms with van der Waals surface area (Å²) in [6, 6.07) is 10.3. The molecule has 184 valence electrons. The first-order valence-electron chi connectivity index (χ1n) is 11.8. The van der Waals surface area contributed by atoms with Crippen molar-refractivity contribution in [3.8, 4) is 28.6 Å². The van der Waals surface area contributed by atoms with Gasteiger partial charge in [-0.2, -0.15) is 4.98 Å². The Morgan fingerprint density at radius 3 is 2.78 bits per heavy atom. The quantitative estimate of drug-likeness (QED) is 0.369. The van der Waals surface area contributed by atoms with Gasteiger partial charge in [0.15, 0.2) is 11.6 Å². The number of nitrogens with one attached hydrogen (secondary N) is 2. The predicted molar refractivity (Wildman–Crippen MR) is 133 cm³/mol. The second kappa shape index (κ2) is 9.03. The van der Waals surface area contributed by atoms with Crippen molar-refractivity contribution in [2.24, 2.45) is 0 Å². The van der Waals surface area contributed by atoms with Gasteiger partial charge in [-0.05, 0) is 44.0 Å². The molecule has 0 spiro atoms. The molecule has 9 nitrogen and oxygen atoms in total. The van der Waals surface area contributed by atoms with Crippen LogP contribution in [0.5, 0.6) is 17.2 Å². The predicted octanol–water partition coefficient (Wildman–Crippen LogP) is 5.14. The lowest BCUT2D eigenvalue weighted by atomic mass is 10.1. The summed E-state index contributed by atoms with van der Waals surface area (Å²) in [7, 11) is 1.62.